The molecule has 2 unspecified atom stereocenters. The van der Waals surface area contributed by atoms with Gasteiger partial charge in [-0.05, 0) is 39.4 Å². The van der Waals surface area contributed by atoms with Crippen molar-refractivity contribution in [2.24, 2.45) is 0 Å². The molecule has 2 atom stereocenters. The van der Waals surface area contributed by atoms with E-state index in [0.717, 1.165) is 0 Å². The first-order chi connectivity index (χ1) is 7.24. The minimum absolute atomic E-state index is 0.659. The Bertz CT molecular complexity index is 122. The van der Waals surface area contributed by atoms with Crippen LogP contribution in [0.2, 0.25) is 0 Å². The van der Waals surface area contributed by atoms with Gasteiger partial charge in [0.1, 0.15) is 0 Å². The largest absolute Gasteiger partial charge is 0.315 e. The summed E-state index contributed by atoms with van der Waals surface area (Å²) >= 11 is 0. The van der Waals surface area contributed by atoms with Crippen LogP contribution in [0.25, 0.3) is 0 Å². The second kappa shape index (κ2) is 9.17. The minimum atomic E-state index is 0.659. The Kier molecular flexibility index (Phi) is 9.12. The summed E-state index contributed by atoms with van der Waals surface area (Å²) in [5.41, 5.74) is 0. The van der Waals surface area contributed by atoms with Crippen molar-refractivity contribution in [2.45, 2.75) is 65.5 Å². The van der Waals surface area contributed by atoms with Gasteiger partial charge in [-0.15, -0.1) is 0 Å². The molecule has 1 N–H and O–H groups in total. The molecule has 92 valence electrons. The van der Waals surface area contributed by atoms with Crippen molar-refractivity contribution in [3.8, 4) is 0 Å². The van der Waals surface area contributed by atoms with Gasteiger partial charge in [0.15, 0.2) is 0 Å². The van der Waals surface area contributed by atoms with E-state index in [9.17, 15) is 0 Å². The van der Waals surface area contributed by atoms with E-state index in [1.165, 1.54) is 38.8 Å². The van der Waals surface area contributed by atoms with Crippen molar-refractivity contribution in [2.75, 3.05) is 20.1 Å². The number of hydrogen-bond donors (Lipinski definition) is 1. The smallest absolute Gasteiger partial charge is 0.0246 e. The van der Waals surface area contributed by atoms with Crippen LogP contribution in [0.5, 0.6) is 0 Å². The maximum atomic E-state index is 3.49. The monoisotopic (exact) mass is 214 g/mol. The summed E-state index contributed by atoms with van der Waals surface area (Å²) in [6, 6.07) is 1.37. The highest BCUT2D eigenvalue weighted by molar-refractivity contribution is 4.82. The Morgan fingerprint density at radius 1 is 1.07 bits per heavy atom. The molecule has 15 heavy (non-hydrogen) atoms. The molecule has 0 aliphatic carbocycles. The number of rotatable bonds is 9. The van der Waals surface area contributed by atoms with Gasteiger partial charge in [-0.25, -0.2) is 0 Å². The summed E-state index contributed by atoms with van der Waals surface area (Å²) in [5.74, 6) is 0. The average molecular weight is 214 g/mol. The van der Waals surface area contributed by atoms with Crippen LogP contribution in [0.15, 0.2) is 0 Å². The van der Waals surface area contributed by atoms with E-state index in [0.29, 0.717) is 12.1 Å². The van der Waals surface area contributed by atoms with Gasteiger partial charge in [-0.2, -0.15) is 0 Å². The maximum absolute atomic E-state index is 3.49. The van der Waals surface area contributed by atoms with E-state index in [1.807, 2.05) is 0 Å². The predicted molar refractivity (Wildman–Crippen MR) is 69.4 cm³/mol. The van der Waals surface area contributed by atoms with Gasteiger partial charge in [0.25, 0.3) is 0 Å². The first kappa shape index (κ1) is 14.9. The van der Waals surface area contributed by atoms with Gasteiger partial charge in [0, 0.05) is 12.1 Å². The fraction of sp³-hybridized carbons (Fsp3) is 1.00. The second-order valence-electron chi connectivity index (χ2n) is 4.29. The molecule has 0 amide bonds. The van der Waals surface area contributed by atoms with Gasteiger partial charge < -0.3 is 5.32 Å². The fourth-order valence-electron chi connectivity index (χ4n) is 2.48. The van der Waals surface area contributed by atoms with Crippen LogP contribution < -0.4 is 5.32 Å². The molecule has 2 nitrogen and oxygen atoms in total. The van der Waals surface area contributed by atoms with Crippen molar-refractivity contribution in [3.63, 3.8) is 0 Å². The zero-order chi connectivity index (χ0) is 11.7. The highest BCUT2D eigenvalue weighted by atomic mass is 15.2. The Morgan fingerprint density at radius 3 is 2.07 bits per heavy atom. The van der Waals surface area contributed by atoms with E-state index < -0.39 is 0 Å². The Labute approximate surface area is 96.4 Å². The topological polar surface area (TPSA) is 15.3 Å². The third-order valence-corrected chi connectivity index (χ3v) is 3.24. The van der Waals surface area contributed by atoms with Crippen molar-refractivity contribution in [3.05, 3.63) is 0 Å². The van der Waals surface area contributed by atoms with Crippen LogP contribution in [0.1, 0.15) is 53.4 Å². The molecule has 0 aliphatic heterocycles. The van der Waals surface area contributed by atoms with E-state index in [4.69, 9.17) is 0 Å². The number of hydrogen-bond acceptors (Lipinski definition) is 2. The summed E-state index contributed by atoms with van der Waals surface area (Å²) in [7, 11) is 2.10. The lowest BCUT2D eigenvalue weighted by Crippen LogP contribution is -2.49. The van der Waals surface area contributed by atoms with Gasteiger partial charge in [0.05, 0.1) is 0 Å². The van der Waals surface area contributed by atoms with E-state index >= 15 is 0 Å². The third-order valence-electron chi connectivity index (χ3n) is 3.24. The Hall–Kier alpha value is -0.0800. The highest BCUT2D eigenvalue weighted by Gasteiger charge is 2.22. The lowest BCUT2D eigenvalue weighted by molar-refractivity contribution is 0.157. The summed E-state index contributed by atoms with van der Waals surface area (Å²) in [5, 5.41) is 3.49. The maximum Gasteiger partial charge on any atom is 0.0246 e. The Morgan fingerprint density at radius 2 is 1.73 bits per heavy atom. The lowest BCUT2D eigenvalue weighted by atomic mass is 9.99. The normalized spacial score (nSPS) is 15.6. The molecule has 0 aromatic carbocycles. The van der Waals surface area contributed by atoms with E-state index in [1.54, 1.807) is 0 Å². The molecule has 0 aliphatic rings. The lowest BCUT2D eigenvalue weighted by Gasteiger charge is -2.35. The second-order valence-corrected chi connectivity index (χ2v) is 4.29. The van der Waals surface area contributed by atoms with Crippen LogP contribution in [0.4, 0.5) is 0 Å². The molecule has 0 saturated heterocycles. The van der Waals surface area contributed by atoms with Gasteiger partial charge in [-0.3, -0.25) is 4.90 Å². The standard InChI is InChI=1S/C13H30N2/c1-6-10-12(14-5)13(8-3)15(9-4)11-7-2/h12-14H,6-11H2,1-5H3. The molecule has 0 bridgehead atoms. The predicted octanol–water partition coefficient (Wildman–Crippen LogP) is 2.89. The molecule has 0 rings (SSSR count). The minimum Gasteiger partial charge on any atom is -0.315 e. The van der Waals surface area contributed by atoms with Crippen molar-refractivity contribution < 1.29 is 0 Å². The van der Waals surface area contributed by atoms with Crippen LogP contribution in [-0.2, 0) is 0 Å². The van der Waals surface area contributed by atoms with Gasteiger partial charge in [-0.1, -0.05) is 34.1 Å². The van der Waals surface area contributed by atoms with Gasteiger partial charge >= 0.3 is 0 Å². The van der Waals surface area contributed by atoms with Crippen LogP contribution in [0, 0.1) is 0 Å². The molecule has 0 heterocycles. The molecule has 2 heteroatoms. The summed E-state index contributed by atoms with van der Waals surface area (Å²) in [4.78, 5) is 2.62. The van der Waals surface area contributed by atoms with E-state index in [2.05, 4.69) is 45.0 Å². The summed E-state index contributed by atoms with van der Waals surface area (Å²) in [6.07, 6.45) is 5.06. The number of nitrogens with zero attached hydrogens (tertiary/aromatic N) is 1. The van der Waals surface area contributed by atoms with E-state index in [-0.39, 0.29) is 0 Å². The van der Waals surface area contributed by atoms with Crippen LogP contribution in [0.3, 0.4) is 0 Å². The van der Waals surface area contributed by atoms with Crippen molar-refractivity contribution >= 4 is 0 Å². The molecule has 0 fully saturated rings. The zero-order valence-electron chi connectivity index (χ0n) is 11.3. The molecule has 0 aromatic rings. The van der Waals surface area contributed by atoms with Crippen molar-refractivity contribution in [1.29, 1.82) is 0 Å². The molecule has 0 aromatic heterocycles. The van der Waals surface area contributed by atoms with Crippen LogP contribution in [-0.4, -0.2) is 37.1 Å². The molecular weight excluding hydrogens is 184 g/mol. The van der Waals surface area contributed by atoms with Crippen LogP contribution >= 0.6 is 0 Å². The Balaban J connectivity index is 4.37. The number of nitrogens with one attached hydrogen (secondary N) is 1. The SMILES string of the molecule is CCCC(NC)C(CC)N(CC)CCC. The average Bonchev–Trinajstić information content (AvgIpc) is 2.27. The van der Waals surface area contributed by atoms with Gasteiger partial charge in [0.2, 0.25) is 0 Å². The quantitative estimate of drug-likeness (QED) is 0.635. The third kappa shape index (κ3) is 4.98. The zero-order valence-corrected chi connectivity index (χ0v) is 11.3. The fourth-order valence-corrected chi connectivity index (χ4v) is 2.48. The highest BCUT2D eigenvalue weighted by Crippen LogP contribution is 2.13. The first-order valence-electron chi connectivity index (χ1n) is 6.66. The first-order valence-corrected chi connectivity index (χ1v) is 6.66. The molecular formula is C13H30N2. The number of likely N-dealkylation sites (N-methyl/N-ethyl adjacent to an activating group) is 2. The van der Waals surface area contributed by atoms with Crippen molar-refractivity contribution in [1.82, 2.24) is 10.2 Å². The summed E-state index contributed by atoms with van der Waals surface area (Å²) in [6.45, 7) is 11.5. The molecule has 0 spiro atoms. The molecule has 0 radical (unpaired) electrons. The molecule has 0 saturated carbocycles. The summed E-state index contributed by atoms with van der Waals surface area (Å²) < 4.78 is 0.